The molecule has 0 aliphatic rings. The van der Waals surface area contributed by atoms with E-state index in [-0.39, 0.29) is 16.5 Å². The summed E-state index contributed by atoms with van der Waals surface area (Å²) in [5.74, 6) is -0.397. The van der Waals surface area contributed by atoms with Crippen molar-refractivity contribution in [2.45, 2.75) is 11.8 Å². The van der Waals surface area contributed by atoms with Crippen LogP contribution >= 0.6 is 11.6 Å². The summed E-state index contributed by atoms with van der Waals surface area (Å²) in [6, 6.07) is 3.98. The first-order valence-electron chi connectivity index (χ1n) is 4.42. The van der Waals surface area contributed by atoms with E-state index in [1.807, 2.05) is 0 Å². The molecule has 0 saturated heterocycles. The first-order valence-corrected chi connectivity index (χ1v) is 6.61. The van der Waals surface area contributed by atoms with Crippen molar-refractivity contribution in [1.29, 1.82) is 0 Å². The highest BCUT2D eigenvalue weighted by molar-refractivity contribution is 7.91. The molecule has 0 N–H and O–H groups in total. The van der Waals surface area contributed by atoms with Crippen molar-refractivity contribution in [1.82, 2.24) is 0 Å². The van der Waals surface area contributed by atoms with Crippen LogP contribution in [0.1, 0.15) is 5.56 Å². The molecule has 0 saturated carbocycles. The monoisotopic (exact) mass is 263 g/mol. The number of hydrogen-bond donors (Lipinski definition) is 0. The summed E-state index contributed by atoms with van der Waals surface area (Å²) in [5.41, 5.74) is 0.245. The number of nitrogens with zero attached hydrogens (tertiary/aromatic N) is 1. The Labute approximate surface area is 98.1 Å². The minimum atomic E-state index is -3.68. The van der Waals surface area contributed by atoms with E-state index >= 15 is 0 Å². The summed E-state index contributed by atoms with van der Waals surface area (Å²) in [4.78, 5) is 9.72. The van der Waals surface area contributed by atoms with E-state index < -0.39 is 20.4 Å². The van der Waals surface area contributed by atoms with Crippen molar-refractivity contribution in [2.75, 3.05) is 11.6 Å². The van der Waals surface area contributed by atoms with Crippen LogP contribution in [0.2, 0.25) is 0 Å². The van der Waals surface area contributed by atoms with Gasteiger partial charge in [-0.25, -0.2) is 8.42 Å². The Hall–Kier alpha value is -1.14. The Morgan fingerprint density at radius 3 is 2.56 bits per heavy atom. The summed E-state index contributed by atoms with van der Waals surface area (Å²) >= 11 is 5.36. The third-order valence-corrected chi connectivity index (χ3v) is 4.14. The molecule has 0 aromatic heterocycles. The number of nitro groups is 1. The van der Waals surface area contributed by atoms with Crippen molar-refractivity contribution in [2.24, 2.45) is 0 Å². The number of sulfone groups is 1. The molecule has 0 amide bonds. The van der Waals surface area contributed by atoms with Crippen molar-refractivity contribution < 1.29 is 13.3 Å². The zero-order valence-corrected chi connectivity index (χ0v) is 10.1. The van der Waals surface area contributed by atoms with Gasteiger partial charge >= 0.3 is 0 Å². The van der Waals surface area contributed by atoms with Gasteiger partial charge in [-0.1, -0.05) is 6.07 Å². The molecule has 88 valence electrons. The van der Waals surface area contributed by atoms with E-state index in [0.29, 0.717) is 5.56 Å². The maximum atomic E-state index is 11.7. The Kier molecular flexibility index (Phi) is 3.88. The van der Waals surface area contributed by atoms with Crippen molar-refractivity contribution in [3.8, 4) is 0 Å². The molecule has 1 rings (SSSR count). The van der Waals surface area contributed by atoms with Crippen LogP contribution in [0.5, 0.6) is 0 Å². The smallest absolute Gasteiger partial charge is 0.258 e. The fourth-order valence-corrected chi connectivity index (χ4v) is 3.09. The van der Waals surface area contributed by atoms with Crippen LogP contribution in [0.4, 0.5) is 5.69 Å². The number of hydrogen-bond acceptors (Lipinski definition) is 4. The van der Waals surface area contributed by atoms with E-state index in [9.17, 15) is 18.5 Å². The van der Waals surface area contributed by atoms with Gasteiger partial charge in [0.2, 0.25) is 0 Å². The summed E-state index contributed by atoms with van der Waals surface area (Å²) in [5, 5.41) is 10.7. The molecule has 0 radical (unpaired) electrons. The number of halogens is 1. The number of nitro benzene ring substituents is 1. The Morgan fingerprint density at radius 2 is 2.06 bits per heavy atom. The summed E-state index contributed by atoms with van der Waals surface area (Å²) in [6.07, 6.45) is 0. The van der Waals surface area contributed by atoms with Crippen LogP contribution in [0, 0.1) is 17.0 Å². The second-order valence-corrected chi connectivity index (χ2v) is 5.69. The first-order chi connectivity index (χ1) is 7.38. The van der Waals surface area contributed by atoms with Gasteiger partial charge in [0.1, 0.15) is 4.90 Å². The lowest BCUT2D eigenvalue weighted by atomic mass is 10.2. The van der Waals surface area contributed by atoms with Crippen LogP contribution < -0.4 is 0 Å². The molecular formula is C9H10ClNO4S. The highest BCUT2D eigenvalue weighted by Gasteiger charge is 2.25. The Bertz CT molecular complexity index is 512. The van der Waals surface area contributed by atoms with Gasteiger partial charge in [-0.2, -0.15) is 0 Å². The standard InChI is InChI=1S/C9H10ClNO4S/c1-7-2-3-8(11(12)13)9(6-7)16(14,15)5-4-10/h2-3,6H,4-5H2,1H3. The summed E-state index contributed by atoms with van der Waals surface area (Å²) in [6.45, 7) is 1.67. The minimum Gasteiger partial charge on any atom is -0.258 e. The van der Waals surface area contributed by atoms with Gasteiger partial charge in [0.15, 0.2) is 9.84 Å². The average Bonchev–Trinajstić information content (AvgIpc) is 2.17. The average molecular weight is 264 g/mol. The zero-order chi connectivity index (χ0) is 12.3. The topological polar surface area (TPSA) is 77.3 Å². The predicted octanol–water partition coefficient (Wildman–Crippen LogP) is 1.92. The molecule has 7 heteroatoms. The minimum absolute atomic E-state index is 0.0899. The molecule has 1 aromatic carbocycles. The molecule has 1 aromatic rings. The van der Waals surface area contributed by atoms with Crippen molar-refractivity contribution in [3.63, 3.8) is 0 Å². The molecule has 5 nitrogen and oxygen atoms in total. The van der Waals surface area contributed by atoms with Crippen LogP contribution in [0.25, 0.3) is 0 Å². The first kappa shape index (κ1) is 12.9. The molecule has 16 heavy (non-hydrogen) atoms. The van der Waals surface area contributed by atoms with Crippen LogP contribution in [0.3, 0.4) is 0 Å². The normalized spacial score (nSPS) is 11.4. The number of alkyl halides is 1. The van der Waals surface area contributed by atoms with Crippen LogP contribution in [0.15, 0.2) is 23.1 Å². The van der Waals surface area contributed by atoms with Crippen molar-refractivity contribution in [3.05, 3.63) is 33.9 Å². The fourth-order valence-electron chi connectivity index (χ4n) is 1.23. The fraction of sp³-hybridized carbons (Fsp3) is 0.333. The SMILES string of the molecule is Cc1ccc([N+](=O)[O-])c(S(=O)(=O)CCCl)c1. The number of aryl methyl sites for hydroxylation is 1. The predicted molar refractivity (Wildman–Crippen MR) is 60.6 cm³/mol. The molecule has 0 bridgehead atoms. The van der Waals surface area contributed by atoms with Gasteiger partial charge in [0, 0.05) is 11.9 Å². The lowest BCUT2D eigenvalue weighted by Gasteiger charge is -2.04. The molecule has 0 atom stereocenters. The maximum absolute atomic E-state index is 11.7. The summed E-state index contributed by atoms with van der Waals surface area (Å²) in [7, 11) is -3.68. The van der Waals surface area contributed by atoms with Gasteiger partial charge in [-0.3, -0.25) is 10.1 Å². The molecule has 0 fully saturated rings. The van der Waals surface area contributed by atoms with Gasteiger partial charge in [0.05, 0.1) is 10.7 Å². The van der Waals surface area contributed by atoms with Crippen molar-refractivity contribution >= 4 is 27.1 Å². The van der Waals surface area contributed by atoms with Gasteiger partial charge < -0.3 is 0 Å². The van der Waals surface area contributed by atoms with Crippen LogP contribution in [-0.4, -0.2) is 25.0 Å². The largest absolute Gasteiger partial charge is 0.287 e. The van der Waals surface area contributed by atoms with E-state index in [1.165, 1.54) is 18.2 Å². The highest BCUT2D eigenvalue weighted by atomic mass is 35.5. The van der Waals surface area contributed by atoms with E-state index in [1.54, 1.807) is 6.92 Å². The molecule has 0 heterocycles. The second kappa shape index (κ2) is 4.80. The lowest BCUT2D eigenvalue weighted by molar-refractivity contribution is -0.387. The van der Waals surface area contributed by atoms with Gasteiger partial charge in [0.25, 0.3) is 5.69 Å². The van der Waals surface area contributed by atoms with Gasteiger partial charge in [-0.15, -0.1) is 11.6 Å². The van der Waals surface area contributed by atoms with Gasteiger partial charge in [-0.05, 0) is 18.6 Å². The molecule has 0 aliphatic carbocycles. The lowest BCUT2D eigenvalue weighted by Crippen LogP contribution is -2.10. The van der Waals surface area contributed by atoms with E-state index in [2.05, 4.69) is 0 Å². The second-order valence-electron chi connectivity index (χ2n) is 3.24. The third-order valence-electron chi connectivity index (χ3n) is 1.99. The molecule has 0 spiro atoms. The summed E-state index contributed by atoms with van der Waals surface area (Å²) < 4.78 is 23.4. The molecular weight excluding hydrogens is 254 g/mol. The third kappa shape index (κ3) is 2.70. The quantitative estimate of drug-likeness (QED) is 0.472. The number of benzene rings is 1. The Morgan fingerprint density at radius 1 is 1.44 bits per heavy atom. The maximum Gasteiger partial charge on any atom is 0.287 e. The van der Waals surface area contributed by atoms with E-state index in [4.69, 9.17) is 11.6 Å². The number of rotatable bonds is 4. The molecule has 0 aliphatic heterocycles. The Balaban J connectivity index is 3.42. The molecule has 0 unspecified atom stereocenters. The van der Waals surface area contributed by atoms with Crippen LogP contribution in [-0.2, 0) is 9.84 Å². The van der Waals surface area contributed by atoms with E-state index in [0.717, 1.165) is 0 Å². The highest BCUT2D eigenvalue weighted by Crippen LogP contribution is 2.25. The zero-order valence-electron chi connectivity index (χ0n) is 8.51.